The molecule has 100 valence electrons. The van der Waals surface area contributed by atoms with Crippen molar-refractivity contribution < 1.29 is 5.11 Å². The second kappa shape index (κ2) is 5.07. The van der Waals surface area contributed by atoms with Gasteiger partial charge in [0.2, 0.25) is 0 Å². The van der Waals surface area contributed by atoms with Gasteiger partial charge in [0.1, 0.15) is 17.5 Å². The molecule has 1 fully saturated rings. The lowest BCUT2D eigenvalue weighted by molar-refractivity contribution is 0.269. The molecule has 1 heterocycles. The summed E-state index contributed by atoms with van der Waals surface area (Å²) in [4.78, 5) is 11.0. The predicted molar refractivity (Wildman–Crippen MR) is 71.5 cm³/mol. The fourth-order valence-corrected chi connectivity index (χ4v) is 1.86. The number of aromatic nitrogens is 2. The zero-order chi connectivity index (χ0) is 13.3. The Labute approximate surface area is 107 Å². The fourth-order valence-electron chi connectivity index (χ4n) is 1.86. The third-order valence-electron chi connectivity index (χ3n) is 3.48. The van der Waals surface area contributed by atoms with E-state index in [9.17, 15) is 5.11 Å². The van der Waals surface area contributed by atoms with Crippen LogP contribution in [0.4, 0.5) is 11.6 Å². The first-order valence-corrected chi connectivity index (χ1v) is 6.27. The van der Waals surface area contributed by atoms with E-state index < -0.39 is 0 Å². The summed E-state index contributed by atoms with van der Waals surface area (Å²) in [6.07, 6.45) is 2.29. The van der Waals surface area contributed by atoms with Gasteiger partial charge in [0.25, 0.3) is 0 Å². The molecule has 1 aromatic heterocycles. The van der Waals surface area contributed by atoms with Crippen LogP contribution in [-0.2, 0) is 0 Å². The van der Waals surface area contributed by atoms with Crippen molar-refractivity contribution in [2.24, 2.45) is 5.84 Å². The number of nitrogens with one attached hydrogen (secondary N) is 1. The van der Waals surface area contributed by atoms with Crippen LogP contribution < -0.4 is 16.2 Å². The maximum atomic E-state index is 9.25. The van der Waals surface area contributed by atoms with E-state index in [-0.39, 0.29) is 12.6 Å². The molecule has 0 radical (unpaired) electrons. The van der Waals surface area contributed by atoms with Crippen molar-refractivity contribution in [2.75, 3.05) is 24.0 Å². The number of anilines is 2. The minimum absolute atomic E-state index is 0.0104. The second-order valence-corrected chi connectivity index (χ2v) is 4.94. The van der Waals surface area contributed by atoms with E-state index in [1.807, 2.05) is 25.8 Å². The van der Waals surface area contributed by atoms with Crippen LogP contribution in [0.5, 0.6) is 0 Å². The lowest BCUT2D eigenvalue weighted by Crippen LogP contribution is -2.33. The number of nitrogen functional groups attached to an aromatic ring is 1. The summed E-state index contributed by atoms with van der Waals surface area (Å²) >= 11 is 0. The van der Waals surface area contributed by atoms with E-state index >= 15 is 0 Å². The zero-order valence-corrected chi connectivity index (χ0v) is 11.1. The molecule has 1 aliphatic rings. The molecule has 0 amide bonds. The summed E-state index contributed by atoms with van der Waals surface area (Å²) in [7, 11) is 1.92. The molecule has 1 aliphatic carbocycles. The molecule has 0 bridgehead atoms. The molecule has 4 N–H and O–H groups in total. The van der Waals surface area contributed by atoms with Gasteiger partial charge in [0.05, 0.1) is 12.6 Å². The molecule has 0 saturated heterocycles. The van der Waals surface area contributed by atoms with Gasteiger partial charge in [-0.3, -0.25) is 0 Å². The normalized spacial score (nSPS) is 16.5. The smallest absolute Gasteiger partial charge is 0.148 e. The van der Waals surface area contributed by atoms with Gasteiger partial charge in [-0.25, -0.2) is 15.8 Å². The average Bonchev–Trinajstić information content (AvgIpc) is 3.21. The molecule has 0 spiro atoms. The number of aliphatic hydroxyl groups is 1. The van der Waals surface area contributed by atoms with Gasteiger partial charge in [-0.05, 0) is 26.7 Å². The number of aliphatic hydroxyl groups excluding tert-OH is 1. The van der Waals surface area contributed by atoms with Crippen LogP contribution in [0.2, 0.25) is 0 Å². The van der Waals surface area contributed by atoms with Gasteiger partial charge in [-0.1, -0.05) is 0 Å². The van der Waals surface area contributed by atoms with Gasteiger partial charge < -0.3 is 15.4 Å². The first-order chi connectivity index (χ1) is 8.58. The number of nitrogens with two attached hydrogens (primary N) is 1. The third-order valence-corrected chi connectivity index (χ3v) is 3.48. The lowest BCUT2D eigenvalue weighted by Gasteiger charge is -2.26. The molecule has 18 heavy (non-hydrogen) atoms. The van der Waals surface area contributed by atoms with Crippen LogP contribution in [0.25, 0.3) is 0 Å². The molecule has 6 nitrogen and oxygen atoms in total. The van der Waals surface area contributed by atoms with Crippen molar-refractivity contribution in [1.82, 2.24) is 9.97 Å². The number of hydrazine groups is 1. The molecule has 6 heteroatoms. The minimum Gasteiger partial charge on any atom is -0.394 e. The Bertz CT molecular complexity index is 433. The Morgan fingerprint density at radius 3 is 2.67 bits per heavy atom. The average molecular weight is 251 g/mol. The van der Waals surface area contributed by atoms with Crippen molar-refractivity contribution in [3.05, 3.63) is 11.4 Å². The molecule has 1 saturated carbocycles. The van der Waals surface area contributed by atoms with Crippen molar-refractivity contribution in [1.29, 1.82) is 0 Å². The Kier molecular flexibility index (Phi) is 3.68. The Balaban J connectivity index is 2.40. The summed E-state index contributed by atoms with van der Waals surface area (Å²) in [5.41, 5.74) is 3.54. The molecule has 1 atom stereocenters. The molecule has 1 aromatic rings. The maximum absolute atomic E-state index is 9.25. The molecule has 2 rings (SSSR count). The molecular weight excluding hydrogens is 230 g/mol. The van der Waals surface area contributed by atoms with Crippen LogP contribution in [0, 0.1) is 6.92 Å². The van der Waals surface area contributed by atoms with Crippen molar-refractivity contribution >= 4 is 11.6 Å². The van der Waals surface area contributed by atoms with Crippen LogP contribution >= 0.6 is 0 Å². The van der Waals surface area contributed by atoms with Crippen LogP contribution in [-0.4, -0.2) is 34.8 Å². The van der Waals surface area contributed by atoms with Crippen LogP contribution in [0.1, 0.15) is 37.1 Å². The summed E-state index contributed by atoms with van der Waals surface area (Å²) in [5, 5.41) is 9.25. The van der Waals surface area contributed by atoms with Crippen molar-refractivity contribution in [2.45, 2.75) is 38.6 Å². The highest BCUT2D eigenvalue weighted by molar-refractivity contribution is 5.58. The Morgan fingerprint density at radius 2 is 2.17 bits per heavy atom. The highest BCUT2D eigenvalue weighted by Crippen LogP contribution is 2.39. The van der Waals surface area contributed by atoms with E-state index in [2.05, 4.69) is 15.4 Å². The topological polar surface area (TPSA) is 87.3 Å². The van der Waals surface area contributed by atoms with E-state index in [0.29, 0.717) is 11.7 Å². The maximum Gasteiger partial charge on any atom is 0.148 e. The highest BCUT2D eigenvalue weighted by atomic mass is 16.3. The van der Waals surface area contributed by atoms with Crippen LogP contribution in [0.3, 0.4) is 0 Å². The summed E-state index contributed by atoms with van der Waals surface area (Å²) < 4.78 is 0. The highest BCUT2D eigenvalue weighted by Gasteiger charge is 2.29. The summed E-state index contributed by atoms with van der Waals surface area (Å²) in [5.74, 6) is 8.32. The van der Waals surface area contributed by atoms with E-state index in [1.54, 1.807) is 0 Å². The number of nitrogens with zero attached hydrogens (tertiary/aromatic N) is 3. The van der Waals surface area contributed by atoms with E-state index in [0.717, 1.165) is 30.0 Å². The van der Waals surface area contributed by atoms with E-state index in [4.69, 9.17) is 5.84 Å². The molecular formula is C12H21N5O. The van der Waals surface area contributed by atoms with Gasteiger partial charge in [0.15, 0.2) is 0 Å². The van der Waals surface area contributed by atoms with Gasteiger partial charge in [-0.2, -0.15) is 0 Å². The van der Waals surface area contributed by atoms with Gasteiger partial charge in [-0.15, -0.1) is 0 Å². The third kappa shape index (κ3) is 2.39. The zero-order valence-electron chi connectivity index (χ0n) is 11.1. The van der Waals surface area contributed by atoms with Crippen molar-refractivity contribution in [3.8, 4) is 0 Å². The molecule has 0 aliphatic heterocycles. The summed E-state index contributed by atoms with van der Waals surface area (Å²) in [6, 6.07) is 0.0104. The van der Waals surface area contributed by atoms with Crippen LogP contribution in [0.15, 0.2) is 0 Å². The molecule has 0 aromatic carbocycles. The predicted octanol–water partition coefficient (Wildman–Crippen LogP) is 0.765. The number of hydrogen-bond acceptors (Lipinski definition) is 6. The SMILES string of the molecule is Cc1c(NN)nc(C2CC2)nc1N(C)C(C)CO. The standard InChI is InChI=1S/C12H21N5O/c1-7(6-18)17(3)12-8(2)10(16-13)14-11(15-12)9-4-5-9/h7,9,18H,4-6,13H2,1-3H3,(H,14,15,16). The largest absolute Gasteiger partial charge is 0.394 e. The summed E-state index contributed by atoms with van der Waals surface area (Å²) in [6.45, 7) is 3.97. The van der Waals surface area contributed by atoms with E-state index in [1.165, 1.54) is 0 Å². The second-order valence-electron chi connectivity index (χ2n) is 4.94. The Hall–Kier alpha value is -1.40. The number of likely N-dealkylation sites (N-methyl/N-ethyl adjacent to an activating group) is 1. The number of rotatable bonds is 5. The fraction of sp³-hybridized carbons (Fsp3) is 0.667. The molecule has 1 unspecified atom stereocenters. The Morgan fingerprint density at radius 1 is 1.50 bits per heavy atom. The number of hydrogen-bond donors (Lipinski definition) is 3. The lowest BCUT2D eigenvalue weighted by atomic mass is 10.2. The monoisotopic (exact) mass is 251 g/mol. The minimum atomic E-state index is 0.0104. The van der Waals surface area contributed by atoms with Gasteiger partial charge >= 0.3 is 0 Å². The first kappa shape index (κ1) is 13.0. The first-order valence-electron chi connectivity index (χ1n) is 6.27. The van der Waals surface area contributed by atoms with Crippen molar-refractivity contribution in [3.63, 3.8) is 0 Å². The van der Waals surface area contributed by atoms with Gasteiger partial charge in [0, 0.05) is 18.5 Å². The quantitative estimate of drug-likeness (QED) is 0.529.